The average molecular weight is 326 g/mol. The van der Waals surface area contributed by atoms with Gasteiger partial charge in [0.2, 0.25) is 0 Å². The van der Waals surface area contributed by atoms with Gasteiger partial charge in [0, 0.05) is 11.3 Å². The van der Waals surface area contributed by atoms with Gasteiger partial charge in [-0.25, -0.2) is 9.97 Å². The van der Waals surface area contributed by atoms with Gasteiger partial charge < -0.3 is 0 Å². The van der Waals surface area contributed by atoms with E-state index in [9.17, 15) is 0 Å². The van der Waals surface area contributed by atoms with E-state index in [0.717, 1.165) is 39.4 Å². The van der Waals surface area contributed by atoms with Crippen molar-refractivity contribution in [1.82, 2.24) is 14.6 Å². The summed E-state index contributed by atoms with van der Waals surface area (Å²) in [5.74, 6) is 0.795. The van der Waals surface area contributed by atoms with Crippen LogP contribution in [0, 0.1) is 13.8 Å². The number of fused-ring (bicyclic) bond motifs is 1. The molecular weight excluding hydrogens is 308 g/mol. The molecule has 0 aliphatic carbocycles. The summed E-state index contributed by atoms with van der Waals surface area (Å²) in [6.07, 6.45) is 1.84. The van der Waals surface area contributed by atoms with Gasteiger partial charge in [-0.3, -0.25) is 0 Å². The molecule has 2 heterocycles. The number of aryl methyl sites for hydroxylation is 2. The van der Waals surface area contributed by atoms with Gasteiger partial charge in [-0.05, 0) is 31.0 Å². The maximum Gasteiger partial charge on any atom is 0.182 e. The van der Waals surface area contributed by atoms with Crippen LogP contribution in [0.1, 0.15) is 16.8 Å². The van der Waals surface area contributed by atoms with E-state index in [4.69, 9.17) is 4.98 Å². The van der Waals surface area contributed by atoms with Crippen LogP contribution >= 0.6 is 0 Å². The normalized spacial score (nSPS) is 11.4. The minimum Gasteiger partial charge on any atom is -0.232 e. The Morgan fingerprint density at radius 3 is 2.28 bits per heavy atom. The molecule has 4 nitrogen and oxygen atoms in total. The van der Waals surface area contributed by atoms with E-state index in [-0.39, 0.29) is 0 Å². The summed E-state index contributed by atoms with van der Waals surface area (Å²) in [5.41, 5.74) is 5.78. The zero-order valence-corrected chi connectivity index (χ0v) is 14.2. The highest BCUT2D eigenvalue weighted by atomic mass is 15.4. The molecule has 0 aliphatic heterocycles. The van der Waals surface area contributed by atoms with Crippen molar-refractivity contribution in [1.29, 1.82) is 0 Å². The smallest absolute Gasteiger partial charge is 0.182 e. The fourth-order valence-corrected chi connectivity index (χ4v) is 2.90. The van der Waals surface area contributed by atoms with Crippen LogP contribution in [0.15, 0.2) is 71.8 Å². The summed E-state index contributed by atoms with van der Waals surface area (Å²) in [4.78, 5) is 9.50. The van der Waals surface area contributed by atoms with Crippen molar-refractivity contribution in [2.24, 2.45) is 5.10 Å². The van der Waals surface area contributed by atoms with E-state index in [1.807, 2.05) is 78.5 Å². The quantitative estimate of drug-likeness (QED) is 0.517. The van der Waals surface area contributed by atoms with Crippen molar-refractivity contribution in [3.8, 4) is 11.4 Å². The maximum absolute atomic E-state index is 4.82. The molecule has 0 aliphatic rings. The molecule has 0 N–H and O–H groups in total. The van der Waals surface area contributed by atoms with E-state index >= 15 is 0 Å². The van der Waals surface area contributed by atoms with Crippen LogP contribution in [0.3, 0.4) is 0 Å². The molecule has 0 bridgehead atoms. The maximum atomic E-state index is 4.82. The Labute approximate surface area is 146 Å². The summed E-state index contributed by atoms with van der Waals surface area (Å²) in [7, 11) is 0. The molecule has 0 fully saturated rings. The van der Waals surface area contributed by atoms with E-state index < -0.39 is 0 Å². The molecule has 0 radical (unpaired) electrons. The molecule has 4 aromatic rings. The third-order valence-electron chi connectivity index (χ3n) is 4.07. The predicted molar refractivity (Wildman–Crippen MR) is 102 cm³/mol. The molecule has 4 rings (SSSR count). The van der Waals surface area contributed by atoms with Crippen molar-refractivity contribution in [3.05, 3.63) is 83.6 Å². The van der Waals surface area contributed by atoms with Gasteiger partial charge in [-0.15, -0.1) is 0 Å². The summed E-state index contributed by atoms with van der Waals surface area (Å²) >= 11 is 0. The fraction of sp³-hybridized carbons (Fsp3) is 0.0952. The zero-order chi connectivity index (χ0) is 17.2. The summed E-state index contributed by atoms with van der Waals surface area (Å²) in [6, 6.07) is 22.2. The van der Waals surface area contributed by atoms with Gasteiger partial charge in [0.1, 0.15) is 5.52 Å². The van der Waals surface area contributed by atoms with E-state index in [2.05, 4.69) is 23.1 Å². The lowest BCUT2D eigenvalue weighted by Gasteiger charge is -2.03. The number of hydrogen-bond donors (Lipinski definition) is 0. The standard InChI is InChI=1S/C21H18N4/c1-15-13-16(2)23-21-19(15)24-20(18-11-7-4-8-12-18)25(21)22-14-17-9-5-3-6-10-17/h3-14H,1-2H3/b22-14+. The molecule has 2 aromatic carbocycles. The van der Waals surface area contributed by atoms with Crippen molar-refractivity contribution in [2.75, 3.05) is 0 Å². The Hall–Kier alpha value is -3.27. The second kappa shape index (κ2) is 6.32. The number of benzene rings is 2. The molecule has 25 heavy (non-hydrogen) atoms. The second-order valence-electron chi connectivity index (χ2n) is 6.02. The monoisotopic (exact) mass is 326 g/mol. The zero-order valence-electron chi connectivity index (χ0n) is 14.2. The van der Waals surface area contributed by atoms with Gasteiger partial charge in [0.25, 0.3) is 0 Å². The highest BCUT2D eigenvalue weighted by molar-refractivity contribution is 5.83. The predicted octanol–water partition coefficient (Wildman–Crippen LogP) is 4.60. The molecule has 0 unspecified atom stereocenters. The number of aromatic nitrogens is 3. The van der Waals surface area contributed by atoms with Crippen molar-refractivity contribution in [2.45, 2.75) is 13.8 Å². The van der Waals surface area contributed by atoms with Gasteiger partial charge in [-0.2, -0.15) is 9.78 Å². The summed E-state index contributed by atoms with van der Waals surface area (Å²) in [6.45, 7) is 4.05. The largest absolute Gasteiger partial charge is 0.232 e. The SMILES string of the molecule is Cc1cc(C)c2nc(-c3ccccc3)n(/N=C/c3ccccc3)c2n1. The van der Waals surface area contributed by atoms with Crippen LogP contribution in [0.5, 0.6) is 0 Å². The van der Waals surface area contributed by atoms with Gasteiger partial charge in [-0.1, -0.05) is 60.7 Å². The topological polar surface area (TPSA) is 43.1 Å². The Morgan fingerprint density at radius 1 is 0.880 bits per heavy atom. The first-order valence-corrected chi connectivity index (χ1v) is 8.24. The molecule has 0 amide bonds. The lowest BCUT2D eigenvalue weighted by molar-refractivity contribution is 0.907. The van der Waals surface area contributed by atoms with Gasteiger partial charge in [0.05, 0.1) is 6.21 Å². The second-order valence-corrected chi connectivity index (χ2v) is 6.02. The molecule has 0 atom stereocenters. The van der Waals surface area contributed by atoms with Crippen molar-refractivity contribution >= 4 is 17.4 Å². The Bertz CT molecular complexity index is 1050. The van der Waals surface area contributed by atoms with Crippen molar-refractivity contribution in [3.63, 3.8) is 0 Å². The van der Waals surface area contributed by atoms with Crippen LogP contribution < -0.4 is 0 Å². The molecule has 0 saturated heterocycles. The summed E-state index contributed by atoms with van der Waals surface area (Å²) in [5, 5.41) is 4.69. The first kappa shape index (κ1) is 15.3. The van der Waals surface area contributed by atoms with Gasteiger partial charge >= 0.3 is 0 Å². The lowest BCUT2D eigenvalue weighted by atomic mass is 10.2. The molecular formula is C21H18N4. The number of imidazole rings is 1. The lowest BCUT2D eigenvalue weighted by Crippen LogP contribution is -1.97. The average Bonchev–Trinajstić information content (AvgIpc) is 3.00. The molecule has 122 valence electrons. The third-order valence-corrected chi connectivity index (χ3v) is 4.07. The van der Waals surface area contributed by atoms with Crippen LogP contribution in [0.2, 0.25) is 0 Å². The van der Waals surface area contributed by atoms with Crippen LogP contribution in [-0.2, 0) is 0 Å². The molecule has 0 spiro atoms. The van der Waals surface area contributed by atoms with E-state index in [1.54, 1.807) is 0 Å². The first-order chi connectivity index (χ1) is 12.2. The Balaban J connectivity index is 1.95. The summed E-state index contributed by atoms with van der Waals surface area (Å²) < 4.78 is 1.83. The van der Waals surface area contributed by atoms with Crippen LogP contribution in [0.25, 0.3) is 22.6 Å². The fourth-order valence-electron chi connectivity index (χ4n) is 2.90. The molecule has 2 aromatic heterocycles. The van der Waals surface area contributed by atoms with Crippen LogP contribution in [0.4, 0.5) is 0 Å². The Morgan fingerprint density at radius 2 is 1.56 bits per heavy atom. The number of rotatable bonds is 3. The molecule has 4 heteroatoms. The number of pyridine rings is 1. The minimum atomic E-state index is 0.781. The van der Waals surface area contributed by atoms with Crippen LogP contribution in [-0.4, -0.2) is 20.9 Å². The highest BCUT2D eigenvalue weighted by Gasteiger charge is 2.15. The Kier molecular flexibility index (Phi) is 3.86. The van der Waals surface area contributed by atoms with E-state index in [1.165, 1.54) is 0 Å². The van der Waals surface area contributed by atoms with Gasteiger partial charge in [0.15, 0.2) is 11.5 Å². The van der Waals surface area contributed by atoms with E-state index in [0.29, 0.717) is 0 Å². The van der Waals surface area contributed by atoms with Crippen molar-refractivity contribution < 1.29 is 0 Å². The highest BCUT2D eigenvalue weighted by Crippen LogP contribution is 2.26. The third kappa shape index (κ3) is 2.94. The number of nitrogens with zero attached hydrogens (tertiary/aromatic N) is 4. The molecule has 0 saturated carbocycles. The number of hydrogen-bond acceptors (Lipinski definition) is 3. The first-order valence-electron chi connectivity index (χ1n) is 8.24. The minimum absolute atomic E-state index is 0.781.